The first-order valence-corrected chi connectivity index (χ1v) is 7.41. The van der Waals surface area contributed by atoms with Crippen molar-refractivity contribution in [3.05, 3.63) is 25.7 Å². The maximum Gasteiger partial charge on any atom is 0.263 e. The van der Waals surface area contributed by atoms with Crippen molar-refractivity contribution in [1.29, 1.82) is 0 Å². The number of hydrogen-bond acceptors (Lipinski definition) is 2. The highest BCUT2D eigenvalue weighted by Crippen LogP contribution is 2.32. The lowest BCUT2D eigenvalue weighted by Crippen LogP contribution is -1.97. The summed E-state index contributed by atoms with van der Waals surface area (Å²) in [5.41, 5.74) is 0.847. The molecular formula is C7H5BrClIO2S. The van der Waals surface area contributed by atoms with E-state index < -0.39 is 9.05 Å². The molecule has 0 unspecified atom stereocenters. The van der Waals surface area contributed by atoms with Gasteiger partial charge in [-0.2, -0.15) is 0 Å². The van der Waals surface area contributed by atoms with Crippen LogP contribution < -0.4 is 0 Å². The van der Waals surface area contributed by atoms with Crippen LogP contribution in [0.15, 0.2) is 21.5 Å². The van der Waals surface area contributed by atoms with E-state index in [0.29, 0.717) is 8.04 Å². The molecular weight excluding hydrogens is 390 g/mol. The lowest BCUT2D eigenvalue weighted by molar-refractivity contribution is 0.608. The van der Waals surface area contributed by atoms with Crippen molar-refractivity contribution >= 4 is 58.3 Å². The van der Waals surface area contributed by atoms with Crippen molar-refractivity contribution in [1.82, 2.24) is 0 Å². The highest BCUT2D eigenvalue weighted by atomic mass is 127. The van der Waals surface area contributed by atoms with Gasteiger partial charge in [-0.05, 0) is 57.1 Å². The zero-order valence-corrected chi connectivity index (χ0v) is 11.8. The van der Waals surface area contributed by atoms with E-state index in [4.69, 9.17) is 10.7 Å². The fraction of sp³-hybridized carbons (Fsp3) is 0.143. The molecule has 0 radical (unpaired) electrons. The SMILES string of the molecule is Cc1ccc(I)c(S(=O)(=O)Cl)c1Br. The Kier molecular flexibility index (Phi) is 3.65. The van der Waals surface area contributed by atoms with E-state index in [-0.39, 0.29) is 4.90 Å². The molecule has 0 aromatic heterocycles. The monoisotopic (exact) mass is 394 g/mol. The normalized spacial score (nSPS) is 11.7. The Balaban J connectivity index is 3.62. The van der Waals surface area contributed by atoms with Gasteiger partial charge in [0.05, 0.1) is 0 Å². The summed E-state index contributed by atoms with van der Waals surface area (Å²) in [6.45, 7) is 1.81. The third-order valence-electron chi connectivity index (χ3n) is 1.49. The molecule has 0 heterocycles. The second-order valence-electron chi connectivity index (χ2n) is 2.45. The van der Waals surface area contributed by atoms with Crippen LogP contribution >= 0.6 is 49.2 Å². The Morgan fingerprint density at radius 2 is 2.00 bits per heavy atom. The fourth-order valence-corrected chi connectivity index (χ4v) is 5.36. The van der Waals surface area contributed by atoms with E-state index in [2.05, 4.69) is 15.9 Å². The summed E-state index contributed by atoms with van der Waals surface area (Å²) < 4.78 is 23.5. The van der Waals surface area contributed by atoms with Gasteiger partial charge in [0.2, 0.25) is 0 Å². The van der Waals surface area contributed by atoms with E-state index in [0.717, 1.165) is 5.56 Å². The molecule has 0 aliphatic carbocycles. The molecule has 72 valence electrons. The first-order chi connectivity index (χ1) is 5.84. The van der Waals surface area contributed by atoms with Gasteiger partial charge in [0.15, 0.2) is 0 Å². The molecule has 0 aliphatic heterocycles. The van der Waals surface area contributed by atoms with Gasteiger partial charge in [-0.15, -0.1) is 0 Å². The van der Waals surface area contributed by atoms with E-state index >= 15 is 0 Å². The molecule has 2 nitrogen and oxygen atoms in total. The Labute approximate surface area is 103 Å². The van der Waals surface area contributed by atoms with Gasteiger partial charge < -0.3 is 0 Å². The molecule has 0 spiro atoms. The molecule has 13 heavy (non-hydrogen) atoms. The maximum atomic E-state index is 11.2. The number of benzene rings is 1. The van der Waals surface area contributed by atoms with E-state index in [9.17, 15) is 8.42 Å². The number of rotatable bonds is 1. The molecule has 0 saturated heterocycles. The average molecular weight is 395 g/mol. The fourth-order valence-electron chi connectivity index (χ4n) is 0.854. The molecule has 0 atom stereocenters. The Hall–Kier alpha value is 0.670. The number of hydrogen-bond donors (Lipinski definition) is 0. The number of halogens is 3. The standard InChI is InChI=1S/C7H5BrClIO2S/c1-4-2-3-5(10)7(6(4)8)13(9,11)12/h2-3H,1H3. The third kappa shape index (κ3) is 2.57. The van der Waals surface area contributed by atoms with Gasteiger partial charge in [-0.3, -0.25) is 0 Å². The van der Waals surface area contributed by atoms with Crippen molar-refractivity contribution in [2.24, 2.45) is 0 Å². The van der Waals surface area contributed by atoms with Crippen molar-refractivity contribution in [3.63, 3.8) is 0 Å². The molecule has 6 heteroatoms. The summed E-state index contributed by atoms with van der Waals surface area (Å²) in [4.78, 5) is 0.148. The lowest BCUT2D eigenvalue weighted by atomic mass is 10.2. The number of aryl methyl sites for hydroxylation is 1. The van der Waals surface area contributed by atoms with E-state index in [1.165, 1.54) is 0 Å². The molecule has 0 N–H and O–H groups in total. The predicted molar refractivity (Wildman–Crippen MR) is 64.6 cm³/mol. The largest absolute Gasteiger partial charge is 0.263 e. The molecule has 0 aliphatic rings. The van der Waals surface area contributed by atoms with Gasteiger partial charge in [0.1, 0.15) is 4.90 Å². The van der Waals surface area contributed by atoms with Crippen LogP contribution in [-0.4, -0.2) is 8.42 Å². The van der Waals surface area contributed by atoms with E-state index in [1.807, 2.05) is 35.6 Å². The molecule has 0 saturated carbocycles. The van der Waals surface area contributed by atoms with Crippen LogP contribution in [0.5, 0.6) is 0 Å². The highest BCUT2D eigenvalue weighted by Gasteiger charge is 2.19. The Morgan fingerprint density at radius 1 is 1.46 bits per heavy atom. The van der Waals surface area contributed by atoms with Crippen LogP contribution in [0.4, 0.5) is 0 Å². The van der Waals surface area contributed by atoms with Crippen LogP contribution in [0, 0.1) is 10.5 Å². The minimum absolute atomic E-state index is 0.148. The zero-order valence-electron chi connectivity index (χ0n) is 6.51. The van der Waals surface area contributed by atoms with Gasteiger partial charge in [0, 0.05) is 18.7 Å². The molecule has 0 bridgehead atoms. The van der Waals surface area contributed by atoms with Crippen molar-refractivity contribution in [2.75, 3.05) is 0 Å². The minimum Gasteiger partial charge on any atom is -0.207 e. The van der Waals surface area contributed by atoms with Gasteiger partial charge in [-0.25, -0.2) is 8.42 Å². The third-order valence-corrected chi connectivity index (χ3v) is 5.41. The van der Waals surface area contributed by atoms with Gasteiger partial charge in [0.25, 0.3) is 9.05 Å². The zero-order chi connectivity index (χ0) is 10.2. The minimum atomic E-state index is -3.67. The Bertz CT molecular complexity index is 444. The van der Waals surface area contributed by atoms with E-state index in [1.54, 1.807) is 6.07 Å². The summed E-state index contributed by atoms with van der Waals surface area (Å²) in [6.07, 6.45) is 0. The smallest absolute Gasteiger partial charge is 0.207 e. The summed E-state index contributed by atoms with van der Waals surface area (Å²) >= 11 is 5.13. The molecule has 0 fully saturated rings. The van der Waals surface area contributed by atoms with Gasteiger partial charge in [-0.1, -0.05) is 6.07 Å². The van der Waals surface area contributed by atoms with Crippen LogP contribution in [0.2, 0.25) is 0 Å². The van der Waals surface area contributed by atoms with Crippen LogP contribution in [0.25, 0.3) is 0 Å². The second-order valence-corrected chi connectivity index (χ2v) is 6.90. The second kappa shape index (κ2) is 4.04. The summed E-state index contributed by atoms with van der Waals surface area (Å²) in [5.74, 6) is 0. The molecule has 1 rings (SSSR count). The highest BCUT2D eigenvalue weighted by molar-refractivity contribution is 14.1. The predicted octanol–water partition coefficient (Wildman–Crippen LogP) is 3.29. The maximum absolute atomic E-state index is 11.2. The average Bonchev–Trinajstić information content (AvgIpc) is 1.95. The quantitative estimate of drug-likeness (QED) is 0.540. The molecule has 0 amide bonds. The van der Waals surface area contributed by atoms with Crippen molar-refractivity contribution in [3.8, 4) is 0 Å². The van der Waals surface area contributed by atoms with Gasteiger partial charge >= 0.3 is 0 Å². The van der Waals surface area contributed by atoms with Crippen LogP contribution in [-0.2, 0) is 9.05 Å². The summed E-state index contributed by atoms with van der Waals surface area (Å²) in [5, 5.41) is 0. The lowest BCUT2D eigenvalue weighted by Gasteiger charge is -2.05. The van der Waals surface area contributed by atoms with Crippen molar-refractivity contribution in [2.45, 2.75) is 11.8 Å². The summed E-state index contributed by atoms with van der Waals surface area (Å²) in [7, 11) is 1.61. The van der Waals surface area contributed by atoms with Crippen LogP contribution in [0.1, 0.15) is 5.56 Å². The first-order valence-electron chi connectivity index (χ1n) is 3.23. The first kappa shape index (κ1) is 11.7. The van der Waals surface area contributed by atoms with Crippen molar-refractivity contribution < 1.29 is 8.42 Å². The Morgan fingerprint density at radius 3 is 2.38 bits per heavy atom. The molecule has 1 aromatic rings. The summed E-state index contributed by atoms with van der Waals surface area (Å²) in [6, 6.07) is 3.55. The topological polar surface area (TPSA) is 34.1 Å². The molecule has 1 aromatic carbocycles. The van der Waals surface area contributed by atoms with Crippen LogP contribution in [0.3, 0.4) is 0 Å².